The molecule has 2 N–H and O–H groups in total. The summed E-state index contributed by atoms with van der Waals surface area (Å²) in [5.74, 6) is 0.980. The Balaban J connectivity index is 1.39. The maximum atomic E-state index is 12.4. The fourth-order valence-corrected chi connectivity index (χ4v) is 5.74. The average Bonchev–Trinajstić information content (AvgIpc) is 3.25. The van der Waals surface area contributed by atoms with Crippen molar-refractivity contribution >= 4 is 16.6 Å². The van der Waals surface area contributed by atoms with Crippen molar-refractivity contribution in [3.8, 4) is 0 Å². The lowest BCUT2D eigenvalue weighted by Crippen LogP contribution is -2.54. The van der Waals surface area contributed by atoms with Crippen LogP contribution in [0.15, 0.2) is 42.6 Å². The Morgan fingerprint density at radius 3 is 2.67 bits per heavy atom. The van der Waals surface area contributed by atoms with Crippen LogP contribution in [0, 0.1) is 5.92 Å². The average molecular weight is 450 g/mol. The van der Waals surface area contributed by atoms with E-state index in [2.05, 4.69) is 82.6 Å². The summed E-state index contributed by atoms with van der Waals surface area (Å²) in [5.41, 5.74) is 6.50. The number of aromatic amines is 1. The van der Waals surface area contributed by atoms with Gasteiger partial charge in [0, 0.05) is 49.2 Å². The third-order valence-electron chi connectivity index (χ3n) is 7.38. The predicted octanol–water partition coefficient (Wildman–Crippen LogP) is 5.01. The van der Waals surface area contributed by atoms with E-state index in [4.69, 9.17) is 0 Å². The third-order valence-corrected chi connectivity index (χ3v) is 7.38. The first-order valence-corrected chi connectivity index (χ1v) is 12.3. The fourth-order valence-electron chi connectivity index (χ4n) is 5.74. The molecule has 176 valence electrons. The van der Waals surface area contributed by atoms with E-state index in [1.165, 1.54) is 34.2 Å². The second kappa shape index (κ2) is 9.43. The summed E-state index contributed by atoms with van der Waals surface area (Å²) in [6.07, 6.45) is 3.78. The zero-order valence-electron chi connectivity index (χ0n) is 20.0. The third kappa shape index (κ3) is 4.51. The van der Waals surface area contributed by atoms with E-state index in [9.17, 15) is 4.39 Å². The Bertz CT molecular complexity index is 1070. The second-order valence-electron chi connectivity index (χ2n) is 10.3. The van der Waals surface area contributed by atoms with Gasteiger partial charge >= 0.3 is 0 Å². The van der Waals surface area contributed by atoms with Crippen molar-refractivity contribution < 1.29 is 4.39 Å². The molecule has 0 bridgehead atoms. The molecule has 0 aliphatic carbocycles. The molecule has 0 unspecified atom stereocenters. The van der Waals surface area contributed by atoms with Gasteiger partial charge in [-0.3, -0.25) is 19.3 Å². The number of alkyl halides is 1. The lowest BCUT2D eigenvalue weighted by Gasteiger charge is -2.42. The number of anilines is 1. The van der Waals surface area contributed by atoms with E-state index >= 15 is 0 Å². The van der Waals surface area contributed by atoms with Crippen LogP contribution < -0.4 is 5.32 Å². The van der Waals surface area contributed by atoms with Crippen molar-refractivity contribution in [2.24, 2.45) is 5.92 Å². The molecular formula is C27H36FN5. The van der Waals surface area contributed by atoms with Crippen LogP contribution >= 0.6 is 0 Å². The van der Waals surface area contributed by atoms with Crippen molar-refractivity contribution in [2.75, 3.05) is 38.7 Å². The molecule has 6 heteroatoms. The highest BCUT2D eigenvalue weighted by Crippen LogP contribution is 2.42. The Labute approximate surface area is 196 Å². The van der Waals surface area contributed by atoms with Crippen LogP contribution in [0.3, 0.4) is 0 Å². The van der Waals surface area contributed by atoms with Crippen molar-refractivity contribution in [2.45, 2.75) is 51.2 Å². The van der Waals surface area contributed by atoms with Crippen LogP contribution in [-0.2, 0) is 6.54 Å². The molecule has 3 aromatic rings. The van der Waals surface area contributed by atoms with Crippen LogP contribution in [0.2, 0.25) is 0 Å². The molecule has 2 aliphatic rings. The molecule has 33 heavy (non-hydrogen) atoms. The molecule has 5 rings (SSSR count). The molecule has 0 radical (unpaired) electrons. The number of aromatic nitrogens is 2. The quantitative estimate of drug-likeness (QED) is 0.507. The van der Waals surface area contributed by atoms with Crippen LogP contribution in [0.1, 0.15) is 49.3 Å². The monoisotopic (exact) mass is 449 g/mol. The number of nitrogens with one attached hydrogen (secondary N) is 2. The zero-order valence-corrected chi connectivity index (χ0v) is 20.0. The van der Waals surface area contributed by atoms with Gasteiger partial charge in [-0.05, 0) is 60.7 Å². The number of H-pyrrole nitrogens is 1. The van der Waals surface area contributed by atoms with Crippen molar-refractivity contribution in [3.63, 3.8) is 0 Å². The molecule has 1 saturated heterocycles. The maximum absolute atomic E-state index is 12.4. The molecule has 2 atom stereocenters. The molecule has 0 saturated carbocycles. The van der Waals surface area contributed by atoms with Crippen LogP contribution in [0.25, 0.3) is 10.9 Å². The number of fused-ring (bicyclic) bond motifs is 3. The molecule has 5 nitrogen and oxygen atoms in total. The molecule has 2 aromatic carbocycles. The summed E-state index contributed by atoms with van der Waals surface area (Å²) in [4.78, 5) is 4.85. The number of benzene rings is 2. The van der Waals surface area contributed by atoms with Gasteiger partial charge in [-0.15, -0.1) is 0 Å². The molecular weight excluding hydrogens is 413 g/mol. The highest BCUT2D eigenvalue weighted by Gasteiger charge is 2.35. The minimum absolute atomic E-state index is 0.223. The Hall–Kier alpha value is -2.44. The highest BCUT2D eigenvalue weighted by molar-refractivity contribution is 5.83. The van der Waals surface area contributed by atoms with Gasteiger partial charge in [-0.2, -0.15) is 5.10 Å². The smallest absolute Gasteiger partial charge is 0.0906 e. The largest absolute Gasteiger partial charge is 0.380 e. The molecule has 3 heterocycles. The summed E-state index contributed by atoms with van der Waals surface area (Å²) in [7, 11) is 2.27. The van der Waals surface area contributed by atoms with E-state index in [1.54, 1.807) is 0 Å². The summed E-state index contributed by atoms with van der Waals surface area (Å²) >= 11 is 0. The molecule has 0 spiro atoms. The normalized spacial score (nSPS) is 22.0. The van der Waals surface area contributed by atoms with Crippen LogP contribution in [-0.4, -0.2) is 65.4 Å². The first-order chi connectivity index (χ1) is 16.0. The second-order valence-corrected chi connectivity index (χ2v) is 10.3. The SMILES string of the molecule is CC(C)C[C@H]1[C@H](c2ccc(NC3CN(CCCF)C3)cc2)c2ccc3[nH]ncc3c2CN1C. The lowest BCUT2D eigenvalue weighted by atomic mass is 9.76. The van der Waals surface area contributed by atoms with Gasteiger partial charge in [-0.25, -0.2) is 0 Å². The maximum Gasteiger partial charge on any atom is 0.0906 e. The number of hydrogen-bond donors (Lipinski definition) is 2. The topological polar surface area (TPSA) is 47.2 Å². The van der Waals surface area contributed by atoms with E-state index in [0.29, 0.717) is 30.3 Å². The van der Waals surface area contributed by atoms with Gasteiger partial charge in [0.1, 0.15) is 0 Å². The Kier molecular flexibility index (Phi) is 6.39. The van der Waals surface area contributed by atoms with E-state index in [-0.39, 0.29) is 6.67 Å². The fraction of sp³-hybridized carbons (Fsp3) is 0.519. The molecule has 1 fully saturated rings. The van der Waals surface area contributed by atoms with Gasteiger partial charge in [0.2, 0.25) is 0 Å². The zero-order chi connectivity index (χ0) is 22.9. The number of nitrogens with zero attached hydrogens (tertiary/aromatic N) is 3. The van der Waals surface area contributed by atoms with E-state index < -0.39 is 0 Å². The molecule has 0 amide bonds. The van der Waals surface area contributed by atoms with Crippen molar-refractivity contribution in [3.05, 3.63) is 59.3 Å². The number of likely N-dealkylation sites (tertiary alicyclic amines) is 1. The standard InChI is InChI=1S/C27H36FN5/c1-18(2)13-26-27(22-9-10-25-23(14-29-31-25)24(22)17-32(26)3)19-5-7-20(8-6-19)30-21-15-33(16-21)12-4-11-28/h5-10,14,18,21,26-27,30H,4,11-13,15-17H2,1-3H3,(H,29,31)/t26-,27+/m0/s1. The molecule has 2 aliphatic heterocycles. The first kappa shape index (κ1) is 22.4. The Morgan fingerprint density at radius 1 is 1.15 bits per heavy atom. The predicted molar refractivity (Wildman–Crippen MR) is 134 cm³/mol. The van der Waals surface area contributed by atoms with E-state index in [0.717, 1.165) is 31.7 Å². The van der Waals surface area contributed by atoms with Crippen molar-refractivity contribution in [1.82, 2.24) is 20.0 Å². The van der Waals surface area contributed by atoms with Crippen molar-refractivity contribution in [1.29, 1.82) is 0 Å². The summed E-state index contributed by atoms with van der Waals surface area (Å²) < 4.78 is 12.4. The van der Waals surface area contributed by atoms with Crippen LogP contribution in [0.5, 0.6) is 0 Å². The number of rotatable bonds is 8. The van der Waals surface area contributed by atoms with Gasteiger partial charge in [0.25, 0.3) is 0 Å². The Morgan fingerprint density at radius 2 is 1.94 bits per heavy atom. The minimum atomic E-state index is -0.223. The van der Waals surface area contributed by atoms with Gasteiger partial charge in [0.15, 0.2) is 0 Å². The summed E-state index contributed by atoms with van der Waals surface area (Å²) in [5, 5.41) is 12.3. The first-order valence-electron chi connectivity index (χ1n) is 12.3. The summed E-state index contributed by atoms with van der Waals surface area (Å²) in [6, 6.07) is 14.5. The number of likely N-dealkylation sites (N-methyl/N-ethyl adjacent to an activating group) is 1. The van der Waals surface area contributed by atoms with Gasteiger partial charge in [0.05, 0.1) is 24.4 Å². The summed E-state index contributed by atoms with van der Waals surface area (Å²) in [6.45, 7) is 8.24. The number of halogens is 1. The lowest BCUT2D eigenvalue weighted by molar-refractivity contribution is 0.155. The van der Waals surface area contributed by atoms with E-state index in [1.807, 2.05) is 6.20 Å². The molecule has 1 aromatic heterocycles. The highest BCUT2D eigenvalue weighted by atomic mass is 19.1. The van der Waals surface area contributed by atoms with Gasteiger partial charge in [-0.1, -0.05) is 32.0 Å². The number of hydrogen-bond acceptors (Lipinski definition) is 4. The van der Waals surface area contributed by atoms with Gasteiger partial charge < -0.3 is 5.32 Å². The van der Waals surface area contributed by atoms with Crippen LogP contribution in [0.4, 0.5) is 10.1 Å². The minimum Gasteiger partial charge on any atom is -0.380 e.